The van der Waals surface area contributed by atoms with E-state index in [9.17, 15) is 0 Å². The summed E-state index contributed by atoms with van der Waals surface area (Å²) < 4.78 is 0. The monoisotopic (exact) mass is 807 g/mol. The highest BCUT2D eigenvalue weighted by Crippen LogP contribution is 2.42. The van der Waals surface area contributed by atoms with Gasteiger partial charge >= 0.3 is 0 Å². The molecule has 5 heterocycles. The lowest BCUT2D eigenvalue weighted by Crippen LogP contribution is -2.18. The average molecular weight is 808 g/mol. The van der Waals surface area contributed by atoms with E-state index >= 15 is 0 Å². The maximum atomic E-state index is 5.19. The maximum Gasteiger partial charge on any atom is 0.0972 e. The molecule has 10 aromatic rings. The molecule has 63 heavy (non-hydrogen) atoms. The van der Waals surface area contributed by atoms with Gasteiger partial charge in [-0.2, -0.15) is 0 Å². The van der Waals surface area contributed by atoms with Crippen molar-refractivity contribution in [3.8, 4) is 44.9 Å². The van der Waals surface area contributed by atoms with E-state index in [2.05, 4.69) is 182 Å². The molecule has 2 unspecified atom stereocenters. The molecular weight excluding hydrogens is 767 g/mol. The lowest BCUT2D eigenvalue weighted by molar-refractivity contribution is 0.469. The van der Waals surface area contributed by atoms with Gasteiger partial charge in [-0.25, -0.2) is 15.0 Å². The second kappa shape index (κ2) is 15.2. The highest BCUT2D eigenvalue weighted by Gasteiger charge is 2.29. The van der Waals surface area contributed by atoms with Crippen LogP contribution in [0.5, 0.6) is 0 Å². The summed E-state index contributed by atoms with van der Waals surface area (Å²) in [6.45, 7) is 2.37. The van der Waals surface area contributed by atoms with Crippen molar-refractivity contribution in [3.63, 3.8) is 0 Å². The fraction of sp³-hybridized carbons (Fsp3) is 0.0862. The van der Waals surface area contributed by atoms with Crippen LogP contribution in [0.15, 0.2) is 194 Å². The number of nitrogens with zero attached hydrogens (tertiary/aromatic N) is 5. The minimum Gasteiger partial charge on any atom is -0.260 e. The first-order chi connectivity index (χ1) is 31.1. The van der Waals surface area contributed by atoms with E-state index in [1.807, 2.05) is 24.5 Å². The molecule has 298 valence electrons. The zero-order valence-electron chi connectivity index (χ0n) is 34.8. The van der Waals surface area contributed by atoms with Gasteiger partial charge in [0.1, 0.15) is 0 Å². The van der Waals surface area contributed by atoms with Gasteiger partial charge in [0, 0.05) is 56.5 Å². The molecule has 0 spiro atoms. The molecule has 0 saturated carbocycles. The van der Waals surface area contributed by atoms with Crippen LogP contribution in [0.3, 0.4) is 0 Å². The van der Waals surface area contributed by atoms with Gasteiger partial charge in [-0.3, -0.25) is 9.97 Å². The second-order valence-corrected chi connectivity index (χ2v) is 16.9. The van der Waals surface area contributed by atoms with E-state index < -0.39 is 0 Å². The van der Waals surface area contributed by atoms with Crippen LogP contribution >= 0.6 is 0 Å². The fourth-order valence-corrected chi connectivity index (χ4v) is 9.63. The van der Waals surface area contributed by atoms with E-state index in [4.69, 9.17) is 19.9 Å². The van der Waals surface area contributed by atoms with Crippen LogP contribution in [0.4, 0.5) is 0 Å². The Kier molecular flexibility index (Phi) is 8.92. The Balaban J connectivity index is 0.812. The Labute approximate surface area is 365 Å². The summed E-state index contributed by atoms with van der Waals surface area (Å²) in [7, 11) is 0. The number of allylic oxidation sites excluding steroid dienone is 5. The predicted molar refractivity (Wildman–Crippen MR) is 260 cm³/mol. The molecule has 5 nitrogen and oxygen atoms in total. The molecule has 0 bridgehead atoms. The Bertz CT molecular complexity index is 3560. The first-order valence-electron chi connectivity index (χ1n) is 21.8. The summed E-state index contributed by atoms with van der Waals surface area (Å²) in [6.07, 6.45) is 15.0. The van der Waals surface area contributed by atoms with Gasteiger partial charge in [0.2, 0.25) is 0 Å². The van der Waals surface area contributed by atoms with E-state index in [0.29, 0.717) is 11.8 Å². The Morgan fingerprint density at radius 2 is 1.08 bits per heavy atom. The number of benzene rings is 5. The van der Waals surface area contributed by atoms with Crippen LogP contribution in [0.2, 0.25) is 0 Å². The summed E-state index contributed by atoms with van der Waals surface area (Å²) in [5, 5.41) is 4.37. The number of hydrogen-bond donors (Lipinski definition) is 0. The predicted octanol–water partition coefficient (Wildman–Crippen LogP) is 14.5. The zero-order chi connectivity index (χ0) is 41.9. The molecule has 0 fully saturated rings. The highest BCUT2D eigenvalue weighted by atomic mass is 14.8. The minimum absolute atomic E-state index is 0.332. The van der Waals surface area contributed by atoms with Crippen molar-refractivity contribution in [2.75, 3.05) is 0 Å². The Morgan fingerprint density at radius 3 is 1.92 bits per heavy atom. The lowest BCUT2D eigenvalue weighted by Gasteiger charge is -2.30. The van der Waals surface area contributed by atoms with Crippen molar-refractivity contribution in [1.82, 2.24) is 24.9 Å². The van der Waals surface area contributed by atoms with E-state index in [1.165, 1.54) is 28.0 Å². The van der Waals surface area contributed by atoms with Gasteiger partial charge < -0.3 is 0 Å². The third-order valence-corrected chi connectivity index (χ3v) is 13.0. The largest absolute Gasteiger partial charge is 0.260 e. The van der Waals surface area contributed by atoms with Crippen LogP contribution < -0.4 is 0 Å². The standard InChI is InChI=1S/C58H41N5/c1-36-12-13-37(14-16-39-17-18-40-10-4-30-59-56(40)55(36)39)43-6-2-7-46(32-43)50-29-25-49-33-44(24-28-52(49)61-50)45-21-15-38-22-26-51(62-54(38)35-45)47-8-3-9-48(34-47)53-27-23-42-20-19-41-11-5-31-60-57(41)58(42)63-53/h2-11,14-36,55H,12-13H2,1H3/b37-14+,39-16-. The molecule has 2 atom stereocenters. The Hall–Kier alpha value is -7.89. The van der Waals surface area contributed by atoms with Crippen molar-refractivity contribution < 1.29 is 0 Å². The van der Waals surface area contributed by atoms with Crippen molar-refractivity contribution in [3.05, 3.63) is 211 Å². The third-order valence-electron chi connectivity index (χ3n) is 13.0. The van der Waals surface area contributed by atoms with Gasteiger partial charge in [0.05, 0.1) is 44.8 Å². The van der Waals surface area contributed by atoms with Crippen molar-refractivity contribution in [1.29, 1.82) is 0 Å². The molecule has 0 saturated heterocycles. The van der Waals surface area contributed by atoms with Gasteiger partial charge in [-0.05, 0) is 113 Å². The van der Waals surface area contributed by atoms with Gasteiger partial charge in [0.25, 0.3) is 0 Å². The normalized spacial score (nSPS) is 17.7. The molecule has 0 amide bonds. The number of rotatable bonds is 5. The number of aromatic nitrogens is 5. The highest BCUT2D eigenvalue weighted by molar-refractivity contribution is 6.03. The van der Waals surface area contributed by atoms with Crippen molar-refractivity contribution in [2.24, 2.45) is 5.92 Å². The smallest absolute Gasteiger partial charge is 0.0972 e. The van der Waals surface area contributed by atoms with Crippen molar-refractivity contribution in [2.45, 2.75) is 25.7 Å². The van der Waals surface area contributed by atoms with Crippen LogP contribution in [-0.2, 0) is 0 Å². The maximum absolute atomic E-state index is 5.19. The molecule has 5 heteroatoms. The number of pyridine rings is 5. The van der Waals surface area contributed by atoms with Crippen LogP contribution in [0.1, 0.15) is 42.5 Å². The zero-order valence-corrected chi connectivity index (χ0v) is 34.8. The van der Waals surface area contributed by atoms with E-state index in [0.717, 1.165) is 101 Å². The molecule has 12 rings (SSSR count). The molecule has 2 aliphatic rings. The van der Waals surface area contributed by atoms with Gasteiger partial charge in [0.15, 0.2) is 0 Å². The molecule has 0 aliphatic heterocycles. The third kappa shape index (κ3) is 6.79. The van der Waals surface area contributed by atoms with Gasteiger partial charge in [-0.15, -0.1) is 0 Å². The summed E-state index contributed by atoms with van der Waals surface area (Å²) in [4.78, 5) is 24.9. The molecular formula is C58H41N5. The first kappa shape index (κ1) is 36.9. The molecule has 5 aromatic heterocycles. The Morgan fingerprint density at radius 1 is 0.444 bits per heavy atom. The summed E-state index contributed by atoms with van der Waals surface area (Å²) in [5.41, 5.74) is 18.4. The SMILES string of the molecule is CC1CC/C(c2cccc(-c3ccc4cc(-c5ccc6ccc(-c7cccc(-c8ccc9ccc%10cccnc%10c9n8)c7)nc6c5)ccc4n3)c2)=C\C=C2\C=Cc3cccnc3C21. The van der Waals surface area contributed by atoms with Crippen molar-refractivity contribution >= 4 is 55.3 Å². The lowest BCUT2D eigenvalue weighted by atomic mass is 9.75. The quantitative estimate of drug-likeness (QED) is 0.162. The van der Waals surface area contributed by atoms with Crippen LogP contribution in [-0.4, -0.2) is 24.9 Å². The summed E-state index contributed by atoms with van der Waals surface area (Å²) in [6, 6.07) is 55.8. The minimum atomic E-state index is 0.332. The molecule has 5 aromatic carbocycles. The average Bonchev–Trinajstić information content (AvgIpc) is 3.34. The molecule has 2 aliphatic carbocycles. The fourth-order valence-electron chi connectivity index (χ4n) is 9.63. The second-order valence-electron chi connectivity index (χ2n) is 16.9. The van der Waals surface area contributed by atoms with Crippen LogP contribution in [0.25, 0.3) is 100 Å². The summed E-state index contributed by atoms with van der Waals surface area (Å²) >= 11 is 0. The van der Waals surface area contributed by atoms with Crippen LogP contribution in [0, 0.1) is 5.92 Å². The number of fused-ring (bicyclic) bond motifs is 8. The first-order valence-corrected chi connectivity index (χ1v) is 21.8. The topological polar surface area (TPSA) is 64.5 Å². The summed E-state index contributed by atoms with van der Waals surface area (Å²) in [5.74, 6) is 0.818. The molecule has 0 radical (unpaired) electrons. The van der Waals surface area contributed by atoms with Gasteiger partial charge in [-0.1, -0.05) is 128 Å². The molecule has 0 N–H and O–H groups in total. The van der Waals surface area contributed by atoms with E-state index in [1.54, 1.807) is 0 Å². The number of hydrogen-bond acceptors (Lipinski definition) is 5. The van der Waals surface area contributed by atoms with E-state index in [-0.39, 0.29) is 0 Å².